The van der Waals surface area contributed by atoms with Gasteiger partial charge in [-0.1, -0.05) is 0 Å². The molecule has 2 aromatic rings. The van der Waals surface area contributed by atoms with Crippen molar-refractivity contribution in [1.82, 2.24) is 9.88 Å². The number of benzene rings is 1. The van der Waals surface area contributed by atoms with Crippen molar-refractivity contribution in [1.29, 1.82) is 5.26 Å². The Morgan fingerprint density at radius 3 is 2.82 bits per heavy atom. The molecule has 1 unspecified atom stereocenters. The van der Waals surface area contributed by atoms with E-state index in [0.29, 0.717) is 61.4 Å². The molecule has 1 saturated heterocycles. The van der Waals surface area contributed by atoms with E-state index in [-0.39, 0.29) is 18.4 Å². The van der Waals surface area contributed by atoms with Crippen LogP contribution in [0.25, 0.3) is 0 Å². The number of fused-ring (bicyclic) bond motifs is 1. The molecular formula is C25H29F2N5O. The second-order valence-electron chi connectivity index (χ2n) is 8.98. The molecule has 1 fully saturated rings. The topological polar surface area (TPSA) is 81.0 Å². The normalized spacial score (nSPS) is 25.6. The van der Waals surface area contributed by atoms with Gasteiger partial charge >= 0.3 is 0 Å². The van der Waals surface area contributed by atoms with Gasteiger partial charge < -0.3 is 10.6 Å². The maximum Gasteiger partial charge on any atom is 0.157 e. The van der Waals surface area contributed by atoms with Crippen LogP contribution in [-0.4, -0.2) is 47.5 Å². The number of anilines is 2. The third kappa shape index (κ3) is 4.55. The number of ketones is 1. The fourth-order valence-corrected chi connectivity index (χ4v) is 5.14. The number of nitriles is 1. The molecule has 1 aromatic heterocycles. The molecule has 4 rings (SSSR count). The molecular weight excluding hydrogens is 424 g/mol. The van der Waals surface area contributed by atoms with E-state index in [1.54, 1.807) is 18.3 Å². The van der Waals surface area contributed by atoms with E-state index in [2.05, 4.69) is 15.6 Å². The van der Waals surface area contributed by atoms with Crippen molar-refractivity contribution in [2.24, 2.45) is 0 Å². The number of likely N-dealkylation sites (tertiary alicyclic amines) is 1. The summed E-state index contributed by atoms with van der Waals surface area (Å²) in [5.41, 5.74) is 2.15. The molecule has 174 valence electrons. The molecule has 1 aromatic carbocycles. The highest BCUT2D eigenvalue weighted by Crippen LogP contribution is 2.41. The van der Waals surface area contributed by atoms with Crippen molar-refractivity contribution in [2.75, 3.05) is 30.3 Å². The van der Waals surface area contributed by atoms with E-state index < -0.39 is 17.5 Å². The van der Waals surface area contributed by atoms with E-state index in [1.807, 2.05) is 24.8 Å². The number of Topliss-reactive ketones (excluding diaryl/α,β-unsaturated/α-hetero) is 1. The van der Waals surface area contributed by atoms with Gasteiger partial charge in [0, 0.05) is 44.2 Å². The van der Waals surface area contributed by atoms with E-state index >= 15 is 0 Å². The SMILES string of the molecule is CCNc1cc(F)cc2c1CCCC(=O)C2(C)N1C[C@@H](F)C[C@@H](Nc2ccc(C#N)nc2)C1. The van der Waals surface area contributed by atoms with E-state index in [0.717, 1.165) is 5.56 Å². The number of pyridine rings is 1. The van der Waals surface area contributed by atoms with E-state index in [9.17, 15) is 13.6 Å². The maximum atomic E-state index is 15.0. The molecule has 2 aliphatic rings. The molecule has 2 heterocycles. The van der Waals surface area contributed by atoms with Crippen LogP contribution in [0.1, 0.15) is 49.9 Å². The standard InChI is InChI=1S/C25H29F2N5O/c1-3-29-23-11-16(26)10-22-21(23)5-4-6-24(33)25(22,2)32-14-17(27)9-20(15-32)31-19-8-7-18(12-28)30-13-19/h7-8,10-11,13,17,20,29,31H,3-6,9,14-15H2,1-2H3/t17-,20+,25?/m0/s1. The molecule has 1 aliphatic heterocycles. The largest absolute Gasteiger partial charge is 0.385 e. The highest BCUT2D eigenvalue weighted by Gasteiger charge is 2.47. The zero-order chi connectivity index (χ0) is 23.6. The number of hydrogen-bond donors (Lipinski definition) is 2. The van der Waals surface area contributed by atoms with Gasteiger partial charge in [0.25, 0.3) is 0 Å². The predicted octanol–water partition coefficient (Wildman–Crippen LogP) is 4.17. The lowest BCUT2D eigenvalue weighted by Crippen LogP contribution is -2.58. The van der Waals surface area contributed by atoms with Gasteiger partial charge in [-0.05, 0) is 62.1 Å². The van der Waals surface area contributed by atoms with Crippen LogP contribution in [0.15, 0.2) is 30.5 Å². The Balaban J connectivity index is 1.68. The van der Waals surface area contributed by atoms with Crippen LogP contribution >= 0.6 is 0 Å². The first-order valence-corrected chi connectivity index (χ1v) is 11.5. The Bertz CT molecular complexity index is 1070. The summed E-state index contributed by atoms with van der Waals surface area (Å²) in [7, 11) is 0. The lowest BCUT2D eigenvalue weighted by atomic mass is 9.81. The summed E-state index contributed by atoms with van der Waals surface area (Å²) >= 11 is 0. The lowest BCUT2D eigenvalue weighted by Gasteiger charge is -2.46. The van der Waals surface area contributed by atoms with Crippen molar-refractivity contribution in [3.05, 3.63) is 53.1 Å². The number of nitrogens with zero attached hydrogens (tertiary/aromatic N) is 3. The van der Waals surface area contributed by atoms with E-state index in [1.165, 1.54) is 12.1 Å². The fraction of sp³-hybridized carbons (Fsp3) is 0.480. The minimum atomic E-state index is -1.14. The lowest BCUT2D eigenvalue weighted by molar-refractivity contribution is -0.132. The van der Waals surface area contributed by atoms with Crippen LogP contribution in [0, 0.1) is 17.1 Å². The van der Waals surface area contributed by atoms with Crippen LogP contribution in [0.4, 0.5) is 20.2 Å². The van der Waals surface area contributed by atoms with Crippen molar-refractivity contribution in [2.45, 2.75) is 57.3 Å². The van der Waals surface area contributed by atoms with Gasteiger partial charge in [-0.3, -0.25) is 9.69 Å². The average Bonchev–Trinajstić information content (AvgIpc) is 2.91. The molecule has 0 amide bonds. The Labute approximate surface area is 193 Å². The molecule has 0 bridgehead atoms. The smallest absolute Gasteiger partial charge is 0.157 e. The quantitative estimate of drug-likeness (QED) is 0.662. The second-order valence-corrected chi connectivity index (χ2v) is 8.98. The van der Waals surface area contributed by atoms with Crippen LogP contribution < -0.4 is 10.6 Å². The minimum absolute atomic E-state index is 0.0119. The number of piperidine rings is 1. The van der Waals surface area contributed by atoms with Gasteiger partial charge in [0.2, 0.25) is 0 Å². The molecule has 0 saturated carbocycles. The number of rotatable bonds is 5. The number of alkyl halides is 1. The van der Waals surface area contributed by atoms with Gasteiger partial charge in [0.05, 0.1) is 11.9 Å². The summed E-state index contributed by atoms with van der Waals surface area (Å²) in [6, 6.07) is 7.99. The summed E-state index contributed by atoms with van der Waals surface area (Å²) in [4.78, 5) is 19.4. The van der Waals surface area contributed by atoms with E-state index in [4.69, 9.17) is 5.26 Å². The van der Waals surface area contributed by atoms with Crippen LogP contribution in [-0.2, 0) is 16.8 Å². The summed E-state index contributed by atoms with van der Waals surface area (Å²) in [6.07, 6.45) is 2.42. The van der Waals surface area contributed by atoms with Gasteiger partial charge in [-0.15, -0.1) is 0 Å². The highest BCUT2D eigenvalue weighted by atomic mass is 19.1. The molecule has 1 aliphatic carbocycles. The molecule has 3 atom stereocenters. The Hall–Kier alpha value is -3.05. The second kappa shape index (κ2) is 9.44. The molecule has 33 heavy (non-hydrogen) atoms. The molecule has 0 radical (unpaired) electrons. The summed E-state index contributed by atoms with van der Waals surface area (Å²) in [5.74, 6) is -0.417. The Kier molecular flexibility index (Phi) is 6.61. The number of halogens is 2. The zero-order valence-corrected chi connectivity index (χ0v) is 19.0. The van der Waals surface area contributed by atoms with Crippen molar-refractivity contribution in [3.63, 3.8) is 0 Å². The van der Waals surface area contributed by atoms with Gasteiger partial charge in [-0.25, -0.2) is 13.8 Å². The van der Waals surface area contributed by atoms with Crippen LogP contribution in [0.2, 0.25) is 0 Å². The van der Waals surface area contributed by atoms with Crippen molar-refractivity contribution >= 4 is 17.2 Å². The first kappa shape index (κ1) is 23.1. The van der Waals surface area contributed by atoms with Crippen LogP contribution in [0.5, 0.6) is 0 Å². The third-order valence-electron chi connectivity index (χ3n) is 6.76. The summed E-state index contributed by atoms with van der Waals surface area (Å²) in [5, 5.41) is 15.5. The Morgan fingerprint density at radius 1 is 1.30 bits per heavy atom. The Morgan fingerprint density at radius 2 is 2.12 bits per heavy atom. The molecule has 8 heteroatoms. The summed E-state index contributed by atoms with van der Waals surface area (Å²) < 4.78 is 29.6. The van der Waals surface area contributed by atoms with Crippen LogP contribution in [0.3, 0.4) is 0 Å². The van der Waals surface area contributed by atoms with Crippen molar-refractivity contribution in [3.8, 4) is 6.07 Å². The summed E-state index contributed by atoms with van der Waals surface area (Å²) in [6.45, 7) is 4.94. The number of aromatic nitrogens is 1. The average molecular weight is 454 g/mol. The minimum Gasteiger partial charge on any atom is -0.385 e. The molecule has 6 nitrogen and oxygen atoms in total. The first-order valence-electron chi connectivity index (χ1n) is 11.5. The van der Waals surface area contributed by atoms with Gasteiger partial charge in [-0.2, -0.15) is 5.26 Å². The maximum absolute atomic E-state index is 15.0. The fourth-order valence-electron chi connectivity index (χ4n) is 5.14. The van der Waals surface area contributed by atoms with Crippen molar-refractivity contribution < 1.29 is 13.6 Å². The monoisotopic (exact) mass is 453 g/mol. The molecule has 0 spiro atoms. The number of carbonyl (C=O) groups is 1. The number of carbonyl (C=O) groups excluding carboxylic acids is 1. The first-order chi connectivity index (χ1) is 15.8. The number of hydrogen-bond acceptors (Lipinski definition) is 6. The zero-order valence-electron chi connectivity index (χ0n) is 19.0. The highest BCUT2D eigenvalue weighted by molar-refractivity contribution is 5.91. The predicted molar refractivity (Wildman–Crippen MR) is 123 cm³/mol. The van der Waals surface area contributed by atoms with Gasteiger partial charge in [0.1, 0.15) is 29.3 Å². The number of nitrogens with one attached hydrogen (secondary N) is 2. The van der Waals surface area contributed by atoms with Gasteiger partial charge in [0.15, 0.2) is 5.78 Å². The molecule has 2 N–H and O–H groups in total. The third-order valence-corrected chi connectivity index (χ3v) is 6.76.